The number of hydrogen-bond acceptors (Lipinski definition) is 3. The SMILES string of the molecule is NC1CCCC1S(=O)(=O)c1ccc(C(F)(F)F)cc1. The zero-order chi connectivity index (χ0) is 14.3. The van der Waals surface area contributed by atoms with Crippen LogP contribution in [0.3, 0.4) is 0 Å². The van der Waals surface area contributed by atoms with Crippen LogP contribution in [0, 0.1) is 0 Å². The summed E-state index contributed by atoms with van der Waals surface area (Å²) in [5.74, 6) is 0. The van der Waals surface area contributed by atoms with E-state index in [0.717, 1.165) is 30.7 Å². The van der Waals surface area contributed by atoms with E-state index >= 15 is 0 Å². The van der Waals surface area contributed by atoms with Crippen LogP contribution >= 0.6 is 0 Å². The zero-order valence-electron chi connectivity index (χ0n) is 10.0. The van der Waals surface area contributed by atoms with Crippen LogP contribution < -0.4 is 5.73 Å². The van der Waals surface area contributed by atoms with Crippen LogP contribution in [-0.2, 0) is 16.0 Å². The van der Waals surface area contributed by atoms with E-state index in [-0.39, 0.29) is 4.90 Å². The topological polar surface area (TPSA) is 60.2 Å². The molecule has 1 fully saturated rings. The molecule has 2 rings (SSSR count). The van der Waals surface area contributed by atoms with Crippen LogP contribution in [0.2, 0.25) is 0 Å². The predicted octanol–water partition coefficient (Wildman–Crippen LogP) is 2.36. The van der Waals surface area contributed by atoms with E-state index < -0.39 is 32.9 Å². The van der Waals surface area contributed by atoms with Gasteiger partial charge in [-0.1, -0.05) is 6.42 Å². The Kier molecular flexibility index (Phi) is 3.61. The molecule has 1 aliphatic carbocycles. The van der Waals surface area contributed by atoms with Gasteiger partial charge in [-0.2, -0.15) is 13.2 Å². The smallest absolute Gasteiger partial charge is 0.327 e. The number of sulfone groups is 1. The van der Waals surface area contributed by atoms with Crippen molar-refractivity contribution in [2.75, 3.05) is 0 Å². The van der Waals surface area contributed by atoms with Gasteiger partial charge in [0.1, 0.15) is 0 Å². The van der Waals surface area contributed by atoms with Crippen LogP contribution in [0.15, 0.2) is 29.2 Å². The molecule has 1 aromatic carbocycles. The van der Waals surface area contributed by atoms with Gasteiger partial charge in [0, 0.05) is 6.04 Å². The van der Waals surface area contributed by atoms with E-state index in [2.05, 4.69) is 0 Å². The quantitative estimate of drug-likeness (QED) is 0.910. The van der Waals surface area contributed by atoms with Gasteiger partial charge in [-0.05, 0) is 37.1 Å². The number of halogens is 3. The summed E-state index contributed by atoms with van der Waals surface area (Å²) >= 11 is 0. The monoisotopic (exact) mass is 293 g/mol. The molecule has 1 aliphatic rings. The first-order valence-corrected chi connectivity index (χ1v) is 7.44. The lowest BCUT2D eigenvalue weighted by Gasteiger charge is -2.16. The van der Waals surface area contributed by atoms with Crippen molar-refractivity contribution in [3.63, 3.8) is 0 Å². The summed E-state index contributed by atoms with van der Waals surface area (Å²) in [5.41, 5.74) is 4.88. The minimum atomic E-state index is -4.47. The van der Waals surface area contributed by atoms with E-state index in [9.17, 15) is 21.6 Å². The molecule has 3 nitrogen and oxygen atoms in total. The second-order valence-electron chi connectivity index (χ2n) is 4.70. The fourth-order valence-electron chi connectivity index (χ4n) is 2.35. The molecule has 0 aromatic heterocycles. The zero-order valence-corrected chi connectivity index (χ0v) is 10.8. The Morgan fingerprint density at radius 1 is 1.11 bits per heavy atom. The number of benzene rings is 1. The standard InChI is InChI=1S/C12H14F3NO2S/c13-12(14,15)8-4-6-9(7-5-8)19(17,18)11-3-1-2-10(11)16/h4-7,10-11H,1-3,16H2. The summed E-state index contributed by atoms with van der Waals surface area (Å²) in [7, 11) is -3.64. The maximum Gasteiger partial charge on any atom is 0.416 e. The van der Waals surface area contributed by atoms with Crippen molar-refractivity contribution in [3.8, 4) is 0 Å². The Bertz CT molecular complexity index is 551. The molecule has 7 heteroatoms. The predicted molar refractivity (Wildman–Crippen MR) is 64.2 cm³/mol. The average molecular weight is 293 g/mol. The van der Waals surface area contributed by atoms with Crippen LogP contribution in [0.4, 0.5) is 13.2 Å². The van der Waals surface area contributed by atoms with Gasteiger partial charge in [-0.3, -0.25) is 0 Å². The molecule has 0 saturated heterocycles. The molecule has 2 unspecified atom stereocenters. The first-order chi connectivity index (χ1) is 8.73. The fraction of sp³-hybridized carbons (Fsp3) is 0.500. The summed E-state index contributed by atoms with van der Waals surface area (Å²) < 4.78 is 61.7. The minimum absolute atomic E-state index is 0.0946. The maximum absolute atomic E-state index is 12.4. The summed E-state index contributed by atoms with van der Waals surface area (Å²) in [6.07, 6.45) is -2.65. The van der Waals surface area contributed by atoms with E-state index in [1.807, 2.05) is 0 Å². The largest absolute Gasteiger partial charge is 0.416 e. The van der Waals surface area contributed by atoms with Crippen molar-refractivity contribution in [2.45, 2.75) is 41.6 Å². The fourth-order valence-corrected chi connectivity index (χ4v) is 4.29. The molecule has 2 atom stereocenters. The molecule has 0 amide bonds. The van der Waals surface area contributed by atoms with Gasteiger partial charge in [-0.25, -0.2) is 8.42 Å². The molecule has 19 heavy (non-hydrogen) atoms. The lowest BCUT2D eigenvalue weighted by Crippen LogP contribution is -2.35. The average Bonchev–Trinajstić information content (AvgIpc) is 2.75. The summed E-state index contributed by atoms with van der Waals surface area (Å²) in [6, 6.07) is 3.14. The third-order valence-corrected chi connectivity index (χ3v) is 5.72. The second kappa shape index (κ2) is 4.79. The molecule has 0 bridgehead atoms. The van der Waals surface area contributed by atoms with E-state index in [1.165, 1.54) is 0 Å². The van der Waals surface area contributed by atoms with Gasteiger partial charge in [0.25, 0.3) is 0 Å². The van der Waals surface area contributed by atoms with Gasteiger partial charge in [0.2, 0.25) is 0 Å². The normalized spacial score (nSPS) is 24.6. The van der Waals surface area contributed by atoms with Crippen molar-refractivity contribution in [1.82, 2.24) is 0 Å². The lowest BCUT2D eigenvalue weighted by atomic mass is 10.2. The molecular weight excluding hydrogens is 279 g/mol. The van der Waals surface area contributed by atoms with Gasteiger partial charge in [-0.15, -0.1) is 0 Å². The van der Waals surface area contributed by atoms with Crippen molar-refractivity contribution in [3.05, 3.63) is 29.8 Å². The van der Waals surface area contributed by atoms with Crippen molar-refractivity contribution >= 4 is 9.84 Å². The molecule has 1 saturated carbocycles. The van der Waals surface area contributed by atoms with Crippen LogP contribution in [0.1, 0.15) is 24.8 Å². The first-order valence-electron chi connectivity index (χ1n) is 5.89. The Morgan fingerprint density at radius 2 is 1.68 bits per heavy atom. The number of nitrogens with two attached hydrogens (primary N) is 1. The number of alkyl halides is 3. The molecule has 0 aliphatic heterocycles. The second-order valence-corrected chi connectivity index (χ2v) is 6.87. The maximum atomic E-state index is 12.4. The minimum Gasteiger partial charge on any atom is -0.327 e. The van der Waals surface area contributed by atoms with Crippen molar-refractivity contribution < 1.29 is 21.6 Å². The molecule has 0 radical (unpaired) electrons. The summed E-state index contributed by atoms with van der Waals surface area (Å²) in [4.78, 5) is -0.0946. The Hall–Kier alpha value is -1.08. The van der Waals surface area contributed by atoms with E-state index in [4.69, 9.17) is 5.73 Å². The van der Waals surface area contributed by atoms with E-state index in [0.29, 0.717) is 12.8 Å². The van der Waals surface area contributed by atoms with Gasteiger partial charge < -0.3 is 5.73 Å². The molecule has 106 valence electrons. The summed E-state index contributed by atoms with van der Waals surface area (Å²) in [5, 5.41) is -0.691. The summed E-state index contributed by atoms with van der Waals surface area (Å²) in [6.45, 7) is 0. The Labute approximate surface area is 109 Å². The molecule has 2 N–H and O–H groups in total. The first kappa shape index (κ1) is 14.3. The van der Waals surface area contributed by atoms with Crippen molar-refractivity contribution in [2.24, 2.45) is 5.73 Å². The highest BCUT2D eigenvalue weighted by molar-refractivity contribution is 7.92. The lowest BCUT2D eigenvalue weighted by molar-refractivity contribution is -0.137. The third-order valence-electron chi connectivity index (χ3n) is 3.41. The molecule has 1 aromatic rings. The van der Waals surface area contributed by atoms with Crippen LogP contribution in [-0.4, -0.2) is 19.7 Å². The Morgan fingerprint density at radius 3 is 2.11 bits per heavy atom. The number of hydrogen-bond donors (Lipinski definition) is 1. The van der Waals surface area contributed by atoms with Gasteiger partial charge in [0.05, 0.1) is 15.7 Å². The van der Waals surface area contributed by atoms with Gasteiger partial charge >= 0.3 is 6.18 Å². The highest BCUT2D eigenvalue weighted by Gasteiger charge is 2.37. The third kappa shape index (κ3) is 2.76. The Balaban J connectivity index is 2.32. The highest BCUT2D eigenvalue weighted by atomic mass is 32.2. The highest BCUT2D eigenvalue weighted by Crippen LogP contribution is 2.32. The molecule has 0 spiro atoms. The molecular formula is C12H14F3NO2S. The van der Waals surface area contributed by atoms with Crippen LogP contribution in [0.5, 0.6) is 0 Å². The molecule has 0 heterocycles. The van der Waals surface area contributed by atoms with Crippen molar-refractivity contribution in [1.29, 1.82) is 0 Å². The van der Waals surface area contributed by atoms with E-state index in [1.54, 1.807) is 0 Å². The number of rotatable bonds is 2. The van der Waals surface area contributed by atoms with Crippen LogP contribution in [0.25, 0.3) is 0 Å². The van der Waals surface area contributed by atoms with Gasteiger partial charge in [0.15, 0.2) is 9.84 Å².